The van der Waals surface area contributed by atoms with Gasteiger partial charge in [-0.15, -0.1) is 0 Å². The summed E-state index contributed by atoms with van der Waals surface area (Å²) in [4.78, 5) is 14.3. The second kappa shape index (κ2) is 12.3. The molecule has 0 saturated heterocycles. The average Bonchev–Trinajstić information content (AvgIpc) is 4.20. The predicted molar refractivity (Wildman–Crippen MR) is 230 cm³/mol. The second-order valence-corrected chi connectivity index (χ2v) is 12.9. The zero-order valence-electron chi connectivity index (χ0n) is 48.0. The summed E-state index contributed by atoms with van der Waals surface area (Å²) in [5.41, 5.74) is 0.0201. The Balaban J connectivity index is 1.24. The average molecular weight is 750 g/mol. The molecule has 0 bridgehead atoms. The Morgan fingerprint density at radius 2 is 1.18 bits per heavy atom. The van der Waals surface area contributed by atoms with Gasteiger partial charge >= 0.3 is 0 Å². The normalized spacial score (nSPS) is 16.5. The lowest BCUT2D eigenvalue weighted by Crippen LogP contribution is -2.06. The maximum Gasteiger partial charge on any atom is 0.238 e. The van der Waals surface area contributed by atoms with Crippen LogP contribution in [0.1, 0.15) is 26.0 Å². The van der Waals surface area contributed by atoms with Gasteiger partial charge in [0.25, 0.3) is 0 Å². The summed E-state index contributed by atoms with van der Waals surface area (Å²) < 4.78 is 182. The van der Waals surface area contributed by atoms with Gasteiger partial charge in [-0.2, -0.15) is 9.97 Å². The van der Waals surface area contributed by atoms with Crippen molar-refractivity contribution in [2.24, 2.45) is 0 Å². The molecule has 4 heterocycles. The first-order valence-electron chi connectivity index (χ1n) is 27.0. The smallest absolute Gasteiger partial charge is 0.238 e. The van der Waals surface area contributed by atoms with E-state index in [1.54, 1.807) is 60.7 Å². The van der Waals surface area contributed by atoms with Crippen molar-refractivity contribution in [1.82, 2.24) is 19.5 Å². The van der Waals surface area contributed by atoms with Crippen molar-refractivity contribution in [2.75, 3.05) is 0 Å². The molecule has 12 aromatic rings. The highest BCUT2D eigenvalue weighted by Gasteiger charge is 2.25. The monoisotopic (exact) mass is 749 g/mol. The topological polar surface area (TPSA) is 69.9 Å². The molecule has 0 atom stereocenters. The zero-order valence-corrected chi connectivity index (χ0v) is 29.0. The molecule has 0 amide bonds. The molecule has 0 aliphatic rings. The summed E-state index contributed by atoms with van der Waals surface area (Å²) in [6.07, 6.45) is 0. The van der Waals surface area contributed by atoms with E-state index < -0.39 is 132 Å². The Bertz CT molecular complexity index is 4590. The molecule has 0 unspecified atom stereocenters. The van der Waals surface area contributed by atoms with Crippen LogP contribution in [0.3, 0.4) is 0 Å². The first-order valence-corrected chi connectivity index (χ1v) is 17.5. The Morgan fingerprint density at radius 1 is 0.456 bits per heavy atom. The van der Waals surface area contributed by atoms with Gasteiger partial charge < -0.3 is 8.83 Å². The van der Waals surface area contributed by atoms with E-state index in [0.29, 0.717) is 16.3 Å². The third-order valence-electron chi connectivity index (χ3n) is 9.79. The Kier molecular flexibility index (Phi) is 3.94. The molecule has 6 heteroatoms. The van der Waals surface area contributed by atoms with Gasteiger partial charge in [-0.3, -0.25) is 4.57 Å². The molecule has 8 aromatic carbocycles. The van der Waals surface area contributed by atoms with E-state index in [9.17, 15) is 4.11 Å². The largest absolute Gasteiger partial charge is 0.456 e. The fourth-order valence-electron chi connectivity index (χ4n) is 7.41. The second-order valence-electron chi connectivity index (χ2n) is 12.9. The molecule has 0 aliphatic carbocycles. The minimum absolute atomic E-state index is 0.00458. The Hall–Kier alpha value is -7.83. The molecule has 6 nitrogen and oxygen atoms in total. The van der Waals surface area contributed by atoms with Crippen LogP contribution in [0.25, 0.3) is 117 Å². The van der Waals surface area contributed by atoms with Crippen molar-refractivity contribution in [3.63, 3.8) is 0 Å². The van der Waals surface area contributed by atoms with Crippen LogP contribution >= 0.6 is 0 Å². The Morgan fingerprint density at radius 3 is 2.00 bits per heavy atom. The van der Waals surface area contributed by atoms with E-state index in [1.807, 2.05) is 0 Å². The quantitative estimate of drug-likeness (QED) is 0.175. The lowest BCUT2D eigenvalue weighted by atomic mass is 9.96. The van der Waals surface area contributed by atoms with Crippen molar-refractivity contribution >= 4 is 65.7 Å². The standard InChI is InChI=1S/C51H30N4O2/c1-4-15-31(16-5-1)35-23-14-26-43-46(35)38-28-27-34(29-44(38)56-43)50-52-49(33-19-8-3-9-20-33)53-51(54-50)55-40-24-12-10-22-37(40)47-41(55)30-39-36-21-11-13-25-42(36)57-48(39)45(47)32-17-6-2-7-18-32/h1-30H/i1D,3D,4D,5D,8D,9D,10D,11D,12D,13D,15D,16D,19D,20D,21D,22D,24D,25D,30D. The van der Waals surface area contributed by atoms with E-state index in [1.165, 1.54) is 6.07 Å². The van der Waals surface area contributed by atoms with Gasteiger partial charge in [0.05, 0.1) is 37.1 Å². The number of hydrogen-bond acceptors (Lipinski definition) is 5. The number of hydrogen-bond donors (Lipinski definition) is 0. The van der Waals surface area contributed by atoms with Gasteiger partial charge in [0.1, 0.15) is 22.3 Å². The van der Waals surface area contributed by atoms with Gasteiger partial charge in [-0.25, -0.2) is 4.98 Å². The third-order valence-corrected chi connectivity index (χ3v) is 9.79. The minimum atomic E-state index is -0.733. The number of nitrogens with zero attached hydrogens (tertiary/aromatic N) is 4. The first-order chi connectivity index (χ1) is 36.2. The summed E-state index contributed by atoms with van der Waals surface area (Å²) >= 11 is 0. The van der Waals surface area contributed by atoms with Crippen LogP contribution in [-0.2, 0) is 0 Å². The summed E-state index contributed by atoms with van der Waals surface area (Å²) in [7, 11) is 0. The van der Waals surface area contributed by atoms with Gasteiger partial charge in [-0.05, 0) is 53.0 Å². The van der Waals surface area contributed by atoms with Gasteiger partial charge in [0.15, 0.2) is 11.6 Å². The van der Waals surface area contributed by atoms with Crippen LogP contribution < -0.4 is 0 Å². The van der Waals surface area contributed by atoms with Crippen LogP contribution in [-0.4, -0.2) is 19.5 Å². The van der Waals surface area contributed by atoms with Gasteiger partial charge in [0, 0.05) is 49.0 Å². The lowest BCUT2D eigenvalue weighted by molar-refractivity contribution is 0.669. The maximum atomic E-state index is 10.1. The molecule has 0 radical (unpaired) electrons. The van der Waals surface area contributed by atoms with Crippen LogP contribution in [0.4, 0.5) is 0 Å². The zero-order chi connectivity index (χ0) is 54.0. The number of furan rings is 2. The van der Waals surface area contributed by atoms with Crippen molar-refractivity contribution in [3.8, 4) is 51.0 Å². The third kappa shape index (κ3) is 4.87. The van der Waals surface area contributed by atoms with E-state index >= 15 is 0 Å². The van der Waals surface area contributed by atoms with Crippen LogP contribution in [0.5, 0.6) is 0 Å². The van der Waals surface area contributed by atoms with E-state index in [-0.39, 0.29) is 83.0 Å². The fourth-order valence-corrected chi connectivity index (χ4v) is 7.41. The molecule has 0 spiro atoms. The molecule has 0 saturated carbocycles. The van der Waals surface area contributed by atoms with Gasteiger partial charge in [-0.1, -0.05) is 145 Å². The summed E-state index contributed by atoms with van der Waals surface area (Å²) in [5, 5.41) is 0.391. The molecule has 0 N–H and O–H groups in total. The molecule has 12 rings (SSSR count). The van der Waals surface area contributed by atoms with Crippen LogP contribution in [0, 0.1) is 0 Å². The van der Waals surface area contributed by atoms with Gasteiger partial charge in [0.2, 0.25) is 5.95 Å². The number of rotatable bonds is 5. The number of aromatic nitrogens is 4. The molecule has 57 heavy (non-hydrogen) atoms. The molecule has 266 valence electrons. The molecule has 4 aromatic heterocycles. The molecule has 0 aliphatic heterocycles. The lowest BCUT2D eigenvalue weighted by Gasteiger charge is -2.12. The molecule has 0 fully saturated rings. The highest BCUT2D eigenvalue weighted by atomic mass is 16.3. The molecular weight excluding hydrogens is 701 g/mol. The van der Waals surface area contributed by atoms with Crippen LogP contribution in [0.2, 0.25) is 0 Å². The number of fused-ring (bicyclic) bond motifs is 9. The predicted octanol–water partition coefficient (Wildman–Crippen LogP) is 13.4. The van der Waals surface area contributed by atoms with E-state index in [2.05, 4.69) is 4.98 Å². The van der Waals surface area contributed by atoms with Crippen molar-refractivity contribution in [2.45, 2.75) is 0 Å². The van der Waals surface area contributed by atoms with Crippen molar-refractivity contribution < 1.29 is 34.9 Å². The number of benzene rings is 8. The minimum Gasteiger partial charge on any atom is -0.456 e. The van der Waals surface area contributed by atoms with Crippen LogP contribution in [0.15, 0.2) is 190 Å². The summed E-state index contributed by atoms with van der Waals surface area (Å²) in [6, 6.07) is 6.52. The number of para-hydroxylation sites is 2. The van der Waals surface area contributed by atoms with E-state index in [0.717, 1.165) is 4.57 Å². The van der Waals surface area contributed by atoms with E-state index in [4.69, 9.17) is 40.7 Å². The summed E-state index contributed by atoms with van der Waals surface area (Å²) in [6.45, 7) is 0. The van der Waals surface area contributed by atoms with Crippen molar-refractivity contribution in [3.05, 3.63) is 182 Å². The Labute approximate surface area is 352 Å². The maximum absolute atomic E-state index is 10.1. The van der Waals surface area contributed by atoms with Crippen molar-refractivity contribution in [1.29, 1.82) is 0 Å². The fraction of sp³-hybridized carbons (Fsp3) is 0. The summed E-state index contributed by atoms with van der Waals surface area (Å²) in [5.74, 6) is -1.22. The first kappa shape index (κ1) is 18.2. The highest BCUT2D eigenvalue weighted by Crippen LogP contribution is 2.46. The SMILES string of the molecule is [2H]c1c([2H])c([2H])c(-c2nc(-c3ccc4c(c3)oc3cccc(-c5c([2H])c([2H])c([2H])c([2H])c5[2H])c34)nc(-n3c4c([2H])c([2H])c([2H])c([2H])c4c4c(-c5ccccc5)c5oc6c([2H])c([2H])c([2H])c([2H])c6c5c([2H])c43)n2)c([2H])c1[2H]. The molecular formula is C51H30N4O2. The highest BCUT2D eigenvalue weighted by molar-refractivity contribution is 6.25.